The van der Waals surface area contributed by atoms with Crippen molar-refractivity contribution >= 4 is 35.4 Å². The van der Waals surface area contributed by atoms with Crippen LogP contribution in [0.4, 0.5) is 16.2 Å². The van der Waals surface area contributed by atoms with Crippen molar-refractivity contribution in [2.24, 2.45) is 10.9 Å². The van der Waals surface area contributed by atoms with Crippen molar-refractivity contribution in [2.75, 3.05) is 4.90 Å². The van der Waals surface area contributed by atoms with Gasteiger partial charge < -0.3 is 0 Å². The minimum Gasteiger partial charge on any atom is -0.276 e. The van der Waals surface area contributed by atoms with Crippen LogP contribution in [0.1, 0.15) is 5.56 Å². The molecule has 1 N–H and O–H groups in total. The van der Waals surface area contributed by atoms with Gasteiger partial charge in [-0.25, -0.2) is 9.69 Å². The molecule has 1 aliphatic heterocycles. The van der Waals surface area contributed by atoms with E-state index in [0.29, 0.717) is 11.4 Å². The van der Waals surface area contributed by atoms with Crippen molar-refractivity contribution in [2.45, 2.75) is 6.92 Å². The molecule has 3 rings (SSSR count). The average molecular weight is 322 g/mol. The minimum absolute atomic E-state index is 0.440. The number of aryl methyl sites for hydroxylation is 1. The Hall–Kier alpha value is -3.35. The van der Waals surface area contributed by atoms with Gasteiger partial charge in [0, 0.05) is 18.6 Å². The summed E-state index contributed by atoms with van der Waals surface area (Å²) in [5.74, 6) is -2.49. The van der Waals surface area contributed by atoms with Gasteiger partial charge in [-0.2, -0.15) is 0 Å². The molecule has 0 aliphatic carbocycles. The highest BCUT2D eigenvalue weighted by molar-refractivity contribution is 6.32. The second kappa shape index (κ2) is 6.41. The lowest BCUT2D eigenvalue weighted by Crippen LogP contribution is -2.58. The van der Waals surface area contributed by atoms with E-state index in [1.54, 1.807) is 55.7 Å². The minimum atomic E-state index is -1.17. The Morgan fingerprint density at radius 1 is 1.12 bits per heavy atom. The van der Waals surface area contributed by atoms with Gasteiger partial charge in [0.1, 0.15) is 0 Å². The van der Waals surface area contributed by atoms with Gasteiger partial charge in [0.25, 0.3) is 5.91 Å². The molecule has 0 saturated carbocycles. The number of hydrogen-bond acceptors (Lipinski definition) is 5. The molecule has 1 aromatic carbocycles. The van der Waals surface area contributed by atoms with E-state index in [2.05, 4.69) is 15.3 Å². The first-order valence-electron chi connectivity index (χ1n) is 7.26. The van der Waals surface area contributed by atoms with E-state index >= 15 is 0 Å². The van der Waals surface area contributed by atoms with Gasteiger partial charge in [0.15, 0.2) is 5.92 Å². The van der Waals surface area contributed by atoms with E-state index in [1.165, 1.54) is 6.21 Å². The predicted octanol–water partition coefficient (Wildman–Crippen LogP) is 1.99. The lowest BCUT2D eigenvalue weighted by molar-refractivity contribution is -0.131. The molecule has 24 heavy (non-hydrogen) atoms. The lowest BCUT2D eigenvalue weighted by Gasteiger charge is -2.29. The molecule has 7 nitrogen and oxygen atoms in total. The predicted molar refractivity (Wildman–Crippen MR) is 88.1 cm³/mol. The van der Waals surface area contributed by atoms with Crippen LogP contribution in [0.15, 0.2) is 53.8 Å². The quantitative estimate of drug-likeness (QED) is 0.691. The molecule has 2 aromatic rings. The molecule has 0 bridgehead atoms. The van der Waals surface area contributed by atoms with Crippen LogP contribution in [0.2, 0.25) is 0 Å². The number of aromatic nitrogens is 1. The second-order valence-corrected chi connectivity index (χ2v) is 5.22. The summed E-state index contributed by atoms with van der Waals surface area (Å²) < 4.78 is 0. The van der Waals surface area contributed by atoms with Crippen LogP contribution in [-0.2, 0) is 9.59 Å². The highest BCUT2D eigenvalue weighted by Gasteiger charge is 2.40. The summed E-state index contributed by atoms with van der Waals surface area (Å²) in [6.45, 7) is 1.78. The molecule has 0 radical (unpaired) electrons. The Kier molecular flexibility index (Phi) is 4.15. The number of aliphatic imine (C=N–C) groups is 1. The number of nitrogens with one attached hydrogen (secondary N) is 1. The third kappa shape index (κ3) is 2.91. The molecule has 1 atom stereocenters. The van der Waals surface area contributed by atoms with Crippen LogP contribution in [0.25, 0.3) is 0 Å². The average Bonchev–Trinajstić information content (AvgIpc) is 2.57. The second-order valence-electron chi connectivity index (χ2n) is 5.22. The number of carbonyl (C=O) groups is 3. The Labute approximate surface area is 138 Å². The van der Waals surface area contributed by atoms with Crippen molar-refractivity contribution in [1.29, 1.82) is 0 Å². The molecule has 0 unspecified atom stereocenters. The molecule has 1 fully saturated rings. The molecule has 120 valence electrons. The number of carbonyl (C=O) groups excluding carboxylic acids is 3. The molecule has 1 aromatic heterocycles. The summed E-state index contributed by atoms with van der Waals surface area (Å²) >= 11 is 0. The summed E-state index contributed by atoms with van der Waals surface area (Å²) in [5, 5.41) is 2.20. The molecule has 7 heteroatoms. The van der Waals surface area contributed by atoms with Gasteiger partial charge in [-0.1, -0.05) is 18.2 Å². The van der Waals surface area contributed by atoms with Gasteiger partial charge in [-0.3, -0.25) is 24.9 Å². The van der Waals surface area contributed by atoms with E-state index in [4.69, 9.17) is 0 Å². The molecule has 4 amide bonds. The van der Waals surface area contributed by atoms with Gasteiger partial charge in [-0.15, -0.1) is 0 Å². The summed E-state index contributed by atoms with van der Waals surface area (Å²) in [6, 6.07) is 9.50. The normalized spacial score (nSPS) is 18.1. The number of hydrogen-bond donors (Lipinski definition) is 1. The Balaban J connectivity index is 1.92. The van der Waals surface area contributed by atoms with Crippen molar-refractivity contribution in [1.82, 2.24) is 10.3 Å². The SMILES string of the molecule is Cc1ccccc1N1C(=O)NC(=O)[C@H](C=Nc2ccncc2)C1=O. The fourth-order valence-corrected chi connectivity index (χ4v) is 2.35. The monoisotopic (exact) mass is 322 g/mol. The first kappa shape index (κ1) is 15.5. The highest BCUT2D eigenvalue weighted by atomic mass is 16.2. The number of para-hydroxylation sites is 1. The first-order valence-corrected chi connectivity index (χ1v) is 7.26. The van der Waals surface area contributed by atoms with Crippen molar-refractivity contribution < 1.29 is 14.4 Å². The zero-order valence-corrected chi connectivity index (χ0v) is 12.8. The van der Waals surface area contributed by atoms with E-state index in [-0.39, 0.29) is 0 Å². The van der Waals surface area contributed by atoms with Crippen LogP contribution in [0.3, 0.4) is 0 Å². The third-order valence-corrected chi connectivity index (χ3v) is 3.59. The maximum absolute atomic E-state index is 12.7. The van der Waals surface area contributed by atoms with Crippen LogP contribution in [0.5, 0.6) is 0 Å². The van der Waals surface area contributed by atoms with E-state index in [9.17, 15) is 14.4 Å². The van der Waals surface area contributed by atoms with Crippen molar-refractivity contribution in [3.8, 4) is 0 Å². The highest BCUT2D eigenvalue weighted by Crippen LogP contribution is 2.24. The number of urea groups is 1. The summed E-state index contributed by atoms with van der Waals surface area (Å²) in [4.78, 5) is 45.7. The Morgan fingerprint density at radius 3 is 2.54 bits per heavy atom. The number of nitrogens with zero attached hydrogens (tertiary/aromatic N) is 3. The maximum Gasteiger partial charge on any atom is 0.335 e. The van der Waals surface area contributed by atoms with E-state index < -0.39 is 23.8 Å². The number of rotatable bonds is 3. The molecular formula is C17H14N4O3. The maximum atomic E-state index is 12.7. The van der Waals surface area contributed by atoms with Gasteiger partial charge in [-0.05, 0) is 30.7 Å². The van der Waals surface area contributed by atoms with Crippen LogP contribution < -0.4 is 10.2 Å². The molecule has 2 heterocycles. The number of barbiturate groups is 1. The Bertz CT molecular complexity index is 833. The fourth-order valence-electron chi connectivity index (χ4n) is 2.35. The van der Waals surface area contributed by atoms with E-state index in [1.807, 2.05) is 0 Å². The van der Waals surface area contributed by atoms with Crippen molar-refractivity contribution in [3.05, 3.63) is 54.4 Å². The number of anilines is 1. The smallest absolute Gasteiger partial charge is 0.276 e. The van der Waals surface area contributed by atoms with Gasteiger partial charge >= 0.3 is 6.03 Å². The topological polar surface area (TPSA) is 91.7 Å². The number of benzene rings is 1. The zero-order valence-electron chi connectivity index (χ0n) is 12.8. The van der Waals surface area contributed by atoms with Gasteiger partial charge in [0.2, 0.25) is 5.91 Å². The first-order chi connectivity index (χ1) is 11.6. The largest absolute Gasteiger partial charge is 0.335 e. The van der Waals surface area contributed by atoms with Gasteiger partial charge in [0.05, 0.1) is 11.4 Å². The van der Waals surface area contributed by atoms with Crippen LogP contribution >= 0.6 is 0 Å². The number of pyridine rings is 1. The third-order valence-electron chi connectivity index (χ3n) is 3.59. The molecule has 0 spiro atoms. The lowest BCUT2D eigenvalue weighted by atomic mass is 10.0. The van der Waals surface area contributed by atoms with Crippen LogP contribution in [0, 0.1) is 12.8 Å². The number of amides is 4. The zero-order chi connectivity index (χ0) is 17.1. The summed E-state index contributed by atoms with van der Waals surface area (Å²) in [7, 11) is 0. The van der Waals surface area contributed by atoms with E-state index in [0.717, 1.165) is 10.5 Å². The summed E-state index contributed by atoms with van der Waals surface area (Å²) in [5.41, 5.74) is 1.75. The molecular weight excluding hydrogens is 308 g/mol. The molecule has 1 aliphatic rings. The fraction of sp³-hybridized carbons (Fsp3) is 0.118. The van der Waals surface area contributed by atoms with Crippen molar-refractivity contribution in [3.63, 3.8) is 0 Å². The standard InChI is InChI=1S/C17H14N4O3/c1-11-4-2-3-5-14(11)21-16(23)13(15(22)20-17(21)24)10-19-12-6-8-18-9-7-12/h2-10,13H,1H3,(H,20,22,24)/t13-/m0/s1. The Morgan fingerprint density at radius 2 is 1.83 bits per heavy atom. The summed E-state index contributed by atoms with van der Waals surface area (Å²) in [6.07, 6.45) is 4.35. The molecule has 1 saturated heterocycles. The van der Waals surface area contributed by atoms with Crippen LogP contribution in [-0.4, -0.2) is 29.0 Å². The number of imide groups is 2.